The fourth-order valence-corrected chi connectivity index (χ4v) is 6.25. The smallest absolute Gasteiger partial charge is 0.332 e. The van der Waals surface area contributed by atoms with Gasteiger partial charge in [-0.2, -0.15) is 0 Å². The summed E-state index contributed by atoms with van der Waals surface area (Å²) < 4.78 is 5.37. The molecule has 4 aromatic rings. The number of anilines is 1. The van der Waals surface area contributed by atoms with Gasteiger partial charge in [0.1, 0.15) is 6.04 Å². The minimum absolute atomic E-state index is 0.120. The van der Waals surface area contributed by atoms with Crippen molar-refractivity contribution in [3.05, 3.63) is 83.9 Å². The van der Waals surface area contributed by atoms with Gasteiger partial charge in [0.15, 0.2) is 0 Å². The first-order valence-electron chi connectivity index (χ1n) is 15.9. The quantitative estimate of drug-likeness (QED) is 0.131. The van der Waals surface area contributed by atoms with Gasteiger partial charge in [0.2, 0.25) is 5.91 Å². The van der Waals surface area contributed by atoms with E-state index in [1.165, 1.54) is 33.7 Å². The van der Waals surface area contributed by atoms with E-state index in [1.54, 1.807) is 0 Å². The molecule has 0 saturated heterocycles. The second-order valence-corrected chi connectivity index (χ2v) is 11.8. The van der Waals surface area contributed by atoms with Crippen LogP contribution in [0.25, 0.3) is 38.2 Å². The number of ether oxygens (including phenoxy) is 1. The average Bonchev–Trinajstić information content (AvgIpc) is 3.02. The summed E-state index contributed by atoms with van der Waals surface area (Å²) in [6.45, 7) is 9.28. The van der Waals surface area contributed by atoms with E-state index in [1.807, 2.05) is 13.0 Å². The van der Waals surface area contributed by atoms with Gasteiger partial charge in [-0.3, -0.25) is 4.79 Å². The molecule has 5 heteroatoms. The van der Waals surface area contributed by atoms with Gasteiger partial charge in [0.05, 0.1) is 6.61 Å². The van der Waals surface area contributed by atoms with Gasteiger partial charge in [0, 0.05) is 24.2 Å². The van der Waals surface area contributed by atoms with Crippen LogP contribution < -0.4 is 10.6 Å². The molecule has 1 atom stereocenters. The minimum atomic E-state index is -0.521. The maximum atomic E-state index is 12.8. The largest absolute Gasteiger partial charge is 0.464 e. The van der Waals surface area contributed by atoms with Crippen molar-refractivity contribution in [1.29, 1.82) is 0 Å². The Morgan fingerprint density at radius 2 is 1.74 bits per heavy atom. The predicted molar refractivity (Wildman–Crippen MR) is 179 cm³/mol. The number of amides is 1. The molecule has 0 fully saturated rings. The Balaban J connectivity index is 1.59. The summed E-state index contributed by atoms with van der Waals surface area (Å²) in [4.78, 5) is 25.4. The third-order valence-electron chi connectivity index (χ3n) is 8.38. The van der Waals surface area contributed by atoms with Crippen LogP contribution in [0.2, 0.25) is 0 Å². The van der Waals surface area contributed by atoms with Crippen molar-refractivity contribution in [2.24, 2.45) is 5.92 Å². The molecule has 224 valence electrons. The molecule has 1 unspecified atom stereocenters. The number of fused-ring (bicyclic) bond motifs is 4. The van der Waals surface area contributed by atoms with Crippen LogP contribution in [-0.2, 0) is 20.7 Å². The summed E-state index contributed by atoms with van der Waals surface area (Å²) in [5.41, 5.74) is 6.75. The van der Waals surface area contributed by atoms with Crippen LogP contribution in [0.3, 0.4) is 0 Å². The van der Waals surface area contributed by atoms with E-state index in [4.69, 9.17) is 4.74 Å². The van der Waals surface area contributed by atoms with E-state index in [2.05, 4.69) is 98.1 Å². The highest BCUT2D eigenvalue weighted by atomic mass is 16.5. The molecular formula is C38H44N2O3. The minimum Gasteiger partial charge on any atom is -0.464 e. The number of unbranched alkanes of at least 4 members (excludes halogenated alkanes) is 3. The number of allylic oxidation sites excluding steroid dienone is 1. The maximum Gasteiger partial charge on any atom is 0.332 e. The fourth-order valence-electron chi connectivity index (χ4n) is 6.25. The van der Waals surface area contributed by atoms with E-state index in [-0.39, 0.29) is 17.8 Å². The van der Waals surface area contributed by atoms with Crippen LogP contribution in [0.5, 0.6) is 0 Å². The van der Waals surface area contributed by atoms with E-state index in [9.17, 15) is 9.59 Å². The molecule has 1 amide bonds. The molecule has 0 aliphatic carbocycles. The Bertz CT molecular complexity index is 1650. The van der Waals surface area contributed by atoms with Crippen LogP contribution in [0.1, 0.15) is 70.9 Å². The molecule has 0 spiro atoms. The number of hydrogen-bond acceptors (Lipinski definition) is 4. The summed E-state index contributed by atoms with van der Waals surface area (Å²) in [7, 11) is 0. The lowest BCUT2D eigenvalue weighted by molar-refractivity contribution is -0.142. The third-order valence-corrected chi connectivity index (χ3v) is 8.38. The van der Waals surface area contributed by atoms with Crippen molar-refractivity contribution >= 4 is 44.7 Å². The summed E-state index contributed by atoms with van der Waals surface area (Å²) in [6, 6.07) is 23.3. The SMILES string of the molecule is CCCCCCC(=O)NCCc1cc(-c2cccc3ccccc23)cc2ccc3c(c12)C(C(C)C)=CC(C(=O)OCC)N3. The van der Waals surface area contributed by atoms with Crippen LogP contribution in [0.15, 0.2) is 72.8 Å². The summed E-state index contributed by atoms with van der Waals surface area (Å²) >= 11 is 0. The van der Waals surface area contributed by atoms with E-state index < -0.39 is 6.04 Å². The molecule has 43 heavy (non-hydrogen) atoms. The number of esters is 1. The maximum absolute atomic E-state index is 12.8. The zero-order valence-corrected chi connectivity index (χ0v) is 26.0. The van der Waals surface area contributed by atoms with Crippen molar-refractivity contribution in [2.75, 3.05) is 18.5 Å². The van der Waals surface area contributed by atoms with Crippen molar-refractivity contribution in [3.8, 4) is 11.1 Å². The molecule has 4 aromatic carbocycles. The second kappa shape index (κ2) is 13.9. The number of carbonyl (C=O) groups excluding carboxylic acids is 2. The normalized spacial score (nSPS) is 14.3. The van der Waals surface area contributed by atoms with E-state index in [0.29, 0.717) is 26.0 Å². The molecule has 5 nitrogen and oxygen atoms in total. The number of rotatable bonds is 12. The topological polar surface area (TPSA) is 67.4 Å². The predicted octanol–water partition coefficient (Wildman–Crippen LogP) is 8.69. The standard InChI is InChI=1S/C38H44N2O3/c1-5-7-8-9-17-35(41)39-21-20-28-23-29(31-16-12-14-26-13-10-11-15-30(26)31)22-27-18-19-33-37(36(27)28)32(25(3)4)24-34(40-33)38(42)43-6-2/h10-16,18-19,22-25,34,40H,5-9,17,20-21H2,1-4H3,(H,39,41). The van der Waals surface area contributed by atoms with Crippen molar-refractivity contribution < 1.29 is 14.3 Å². The van der Waals surface area contributed by atoms with Gasteiger partial charge >= 0.3 is 5.97 Å². The Morgan fingerprint density at radius 1 is 0.930 bits per heavy atom. The monoisotopic (exact) mass is 576 g/mol. The van der Waals surface area contributed by atoms with E-state index in [0.717, 1.165) is 47.0 Å². The first-order chi connectivity index (χ1) is 20.9. The third kappa shape index (κ3) is 6.77. The van der Waals surface area contributed by atoms with Crippen LogP contribution in [0.4, 0.5) is 5.69 Å². The summed E-state index contributed by atoms with van der Waals surface area (Å²) in [5.74, 6) is 0.0609. The van der Waals surface area contributed by atoms with Gasteiger partial charge in [-0.05, 0) is 87.7 Å². The molecule has 0 bridgehead atoms. The summed E-state index contributed by atoms with van der Waals surface area (Å²) in [5, 5.41) is 11.4. The lowest BCUT2D eigenvalue weighted by atomic mass is 9.83. The fraction of sp³-hybridized carbons (Fsp3) is 0.368. The zero-order valence-electron chi connectivity index (χ0n) is 26.0. The van der Waals surface area contributed by atoms with Gasteiger partial charge < -0.3 is 15.4 Å². The Kier molecular flexibility index (Phi) is 9.81. The van der Waals surface area contributed by atoms with Gasteiger partial charge in [-0.15, -0.1) is 0 Å². The highest BCUT2D eigenvalue weighted by Gasteiger charge is 2.28. The van der Waals surface area contributed by atoms with Crippen LogP contribution in [0, 0.1) is 5.92 Å². The molecule has 2 N–H and O–H groups in total. The Morgan fingerprint density at radius 3 is 2.53 bits per heavy atom. The lowest BCUT2D eigenvalue weighted by Gasteiger charge is -2.29. The van der Waals surface area contributed by atoms with Gasteiger partial charge in [-0.1, -0.05) is 94.6 Å². The van der Waals surface area contributed by atoms with Crippen molar-refractivity contribution in [2.45, 2.75) is 72.3 Å². The molecule has 1 aliphatic heterocycles. The highest BCUT2D eigenvalue weighted by Crippen LogP contribution is 2.43. The summed E-state index contributed by atoms with van der Waals surface area (Å²) in [6.07, 6.45) is 7.67. The average molecular weight is 577 g/mol. The van der Waals surface area contributed by atoms with Crippen LogP contribution >= 0.6 is 0 Å². The van der Waals surface area contributed by atoms with Crippen molar-refractivity contribution in [1.82, 2.24) is 5.32 Å². The number of benzene rings is 4. The van der Waals surface area contributed by atoms with Crippen molar-refractivity contribution in [3.63, 3.8) is 0 Å². The van der Waals surface area contributed by atoms with Gasteiger partial charge in [0.25, 0.3) is 0 Å². The number of carbonyl (C=O) groups is 2. The lowest BCUT2D eigenvalue weighted by Crippen LogP contribution is -2.33. The molecule has 0 radical (unpaired) electrons. The van der Waals surface area contributed by atoms with Crippen LogP contribution in [-0.4, -0.2) is 31.1 Å². The molecular weight excluding hydrogens is 532 g/mol. The molecule has 5 rings (SSSR count). The highest BCUT2D eigenvalue weighted by molar-refractivity contribution is 6.07. The van der Waals surface area contributed by atoms with E-state index >= 15 is 0 Å². The Labute approximate surface area is 255 Å². The second-order valence-electron chi connectivity index (χ2n) is 11.8. The molecule has 1 aliphatic rings. The zero-order chi connectivity index (χ0) is 30.3. The van der Waals surface area contributed by atoms with Gasteiger partial charge in [-0.25, -0.2) is 4.79 Å². The first-order valence-corrected chi connectivity index (χ1v) is 15.9. The number of nitrogens with one attached hydrogen (secondary N) is 2. The number of hydrogen-bond donors (Lipinski definition) is 2. The molecule has 0 saturated carbocycles. The molecule has 0 aromatic heterocycles. The molecule has 1 heterocycles. The first kappa shape index (κ1) is 30.3. The Hall–Kier alpha value is -4.12.